The summed E-state index contributed by atoms with van der Waals surface area (Å²) in [4.78, 5) is 0. The van der Waals surface area contributed by atoms with Crippen molar-refractivity contribution in [1.29, 1.82) is 0 Å². The lowest BCUT2D eigenvalue weighted by molar-refractivity contribution is 0.00354. The SMILES string of the molecule is Cc1ccc2cccc3c2c1OCC3(C)O. The Hall–Kier alpha value is -1.54. The van der Waals surface area contributed by atoms with Crippen LogP contribution in [0.15, 0.2) is 30.3 Å². The fourth-order valence-electron chi connectivity index (χ4n) is 2.38. The van der Waals surface area contributed by atoms with Gasteiger partial charge in [-0.2, -0.15) is 0 Å². The van der Waals surface area contributed by atoms with Gasteiger partial charge in [0.1, 0.15) is 18.0 Å². The third-order valence-corrected chi connectivity index (χ3v) is 3.27. The first kappa shape index (κ1) is 9.67. The molecule has 1 unspecified atom stereocenters. The summed E-state index contributed by atoms with van der Waals surface area (Å²) in [5, 5.41) is 12.5. The van der Waals surface area contributed by atoms with Gasteiger partial charge in [0.05, 0.1) is 0 Å². The first-order valence-corrected chi connectivity index (χ1v) is 5.47. The van der Waals surface area contributed by atoms with Crippen LogP contribution in [0.3, 0.4) is 0 Å². The minimum atomic E-state index is -0.889. The Labute approximate surface area is 94.5 Å². The van der Waals surface area contributed by atoms with Crippen molar-refractivity contribution >= 4 is 10.8 Å². The van der Waals surface area contributed by atoms with E-state index in [2.05, 4.69) is 12.1 Å². The summed E-state index contributed by atoms with van der Waals surface area (Å²) < 4.78 is 5.69. The van der Waals surface area contributed by atoms with E-state index in [0.29, 0.717) is 6.61 Å². The van der Waals surface area contributed by atoms with Gasteiger partial charge in [-0.25, -0.2) is 0 Å². The van der Waals surface area contributed by atoms with Crippen LogP contribution in [0.5, 0.6) is 5.75 Å². The highest BCUT2D eigenvalue weighted by atomic mass is 16.5. The fourth-order valence-corrected chi connectivity index (χ4v) is 2.38. The lowest BCUT2D eigenvalue weighted by atomic mass is 9.88. The Morgan fingerprint density at radius 1 is 1.25 bits per heavy atom. The van der Waals surface area contributed by atoms with Crippen molar-refractivity contribution in [3.8, 4) is 5.75 Å². The molecule has 2 aromatic carbocycles. The van der Waals surface area contributed by atoms with Crippen LogP contribution in [0.1, 0.15) is 18.1 Å². The second kappa shape index (κ2) is 2.98. The number of benzene rings is 2. The van der Waals surface area contributed by atoms with Crippen molar-refractivity contribution in [2.75, 3.05) is 6.61 Å². The zero-order valence-electron chi connectivity index (χ0n) is 9.45. The van der Waals surface area contributed by atoms with Crippen molar-refractivity contribution in [2.45, 2.75) is 19.4 Å². The summed E-state index contributed by atoms with van der Waals surface area (Å²) in [5.74, 6) is 0.916. The summed E-state index contributed by atoms with van der Waals surface area (Å²) in [6.45, 7) is 4.16. The summed E-state index contributed by atoms with van der Waals surface area (Å²) in [6.07, 6.45) is 0. The highest BCUT2D eigenvalue weighted by molar-refractivity contribution is 5.93. The van der Waals surface area contributed by atoms with Gasteiger partial charge in [-0.3, -0.25) is 0 Å². The van der Waals surface area contributed by atoms with Gasteiger partial charge in [0.25, 0.3) is 0 Å². The molecule has 16 heavy (non-hydrogen) atoms. The second-order valence-electron chi connectivity index (χ2n) is 4.68. The lowest BCUT2D eigenvalue weighted by Gasteiger charge is -2.31. The highest BCUT2D eigenvalue weighted by Crippen LogP contribution is 2.41. The molecule has 0 aromatic heterocycles. The predicted molar refractivity (Wildman–Crippen MR) is 63.8 cm³/mol. The van der Waals surface area contributed by atoms with E-state index in [1.54, 1.807) is 6.92 Å². The minimum Gasteiger partial charge on any atom is -0.489 e. The van der Waals surface area contributed by atoms with Crippen molar-refractivity contribution in [3.63, 3.8) is 0 Å². The third kappa shape index (κ3) is 1.17. The second-order valence-corrected chi connectivity index (χ2v) is 4.68. The van der Waals surface area contributed by atoms with E-state index in [1.165, 1.54) is 0 Å². The monoisotopic (exact) mass is 214 g/mol. The Morgan fingerprint density at radius 3 is 2.88 bits per heavy atom. The summed E-state index contributed by atoms with van der Waals surface area (Å²) >= 11 is 0. The van der Waals surface area contributed by atoms with E-state index in [0.717, 1.165) is 27.6 Å². The van der Waals surface area contributed by atoms with Crippen molar-refractivity contribution in [3.05, 3.63) is 41.5 Å². The van der Waals surface area contributed by atoms with Crippen LogP contribution in [0.2, 0.25) is 0 Å². The van der Waals surface area contributed by atoms with Crippen LogP contribution in [0.4, 0.5) is 0 Å². The molecule has 0 radical (unpaired) electrons. The molecule has 0 saturated carbocycles. The van der Waals surface area contributed by atoms with E-state index < -0.39 is 5.60 Å². The molecule has 3 rings (SSSR count). The molecule has 1 heterocycles. The number of aryl methyl sites for hydroxylation is 1. The number of hydrogen-bond acceptors (Lipinski definition) is 2. The normalized spacial score (nSPS) is 23.2. The van der Waals surface area contributed by atoms with E-state index in [4.69, 9.17) is 4.74 Å². The largest absolute Gasteiger partial charge is 0.489 e. The van der Waals surface area contributed by atoms with Gasteiger partial charge in [0.2, 0.25) is 0 Å². The van der Waals surface area contributed by atoms with E-state index in [-0.39, 0.29) is 0 Å². The van der Waals surface area contributed by atoms with Crippen molar-refractivity contribution < 1.29 is 9.84 Å². The summed E-state index contributed by atoms with van der Waals surface area (Å²) in [6, 6.07) is 10.1. The molecule has 0 fully saturated rings. The fraction of sp³-hybridized carbons (Fsp3) is 0.286. The van der Waals surface area contributed by atoms with Gasteiger partial charge in [-0.05, 0) is 30.4 Å². The van der Waals surface area contributed by atoms with Gasteiger partial charge in [-0.1, -0.05) is 30.3 Å². The molecule has 0 bridgehead atoms. The number of rotatable bonds is 0. The zero-order chi connectivity index (χ0) is 11.3. The smallest absolute Gasteiger partial charge is 0.130 e. The average molecular weight is 214 g/mol. The lowest BCUT2D eigenvalue weighted by Crippen LogP contribution is -2.32. The van der Waals surface area contributed by atoms with Gasteiger partial charge in [-0.15, -0.1) is 0 Å². The standard InChI is InChI=1S/C14H14O2/c1-9-6-7-10-4-3-5-11-12(10)13(9)16-8-14(11,2)15/h3-7,15H,8H2,1-2H3. The summed E-state index contributed by atoms with van der Waals surface area (Å²) in [5.41, 5.74) is 1.20. The molecule has 1 atom stereocenters. The van der Waals surface area contributed by atoms with Gasteiger partial charge >= 0.3 is 0 Å². The maximum absolute atomic E-state index is 10.3. The van der Waals surface area contributed by atoms with Gasteiger partial charge in [0.15, 0.2) is 0 Å². The molecule has 82 valence electrons. The molecule has 0 amide bonds. The molecular weight excluding hydrogens is 200 g/mol. The zero-order valence-corrected chi connectivity index (χ0v) is 9.45. The van der Waals surface area contributed by atoms with Crippen molar-refractivity contribution in [1.82, 2.24) is 0 Å². The number of aliphatic hydroxyl groups is 1. The van der Waals surface area contributed by atoms with Crippen LogP contribution in [-0.2, 0) is 5.60 Å². The average Bonchev–Trinajstić information content (AvgIpc) is 2.26. The van der Waals surface area contributed by atoms with Crippen LogP contribution in [0, 0.1) is 6.92 Å². The quantitative estimate of drug-likeness (QED) is 0.730. The molecule has 1 aliphatic heterocycles. The molecule has 1 N–H and O–H groups in total. The Kier molecular flexibility index (Phi) is 1.80. The van der Waals surface area contributed by atoms with Crippen LogP contribution >= 0.6 is 0 Å². The van der Waals surface area contributed by atoms with E-state index in [1.807, 2.05) is 25.1 Å². The Balaban J connectivity index is 2.49. The van der Waals surface area contributed by atoms with E-state index in [9.17, 15) is 5.11 Å². The van der Waals surface area contributed by atoms with Crippen LogP contribution in [-0.4, -0.2) is 11.7 Å². The molecule has 2 nitrogen and oxygen atoms in total. The molecule has 1 aliphatic rings. The van der Waals surface area contributed by atoms with Gasteiger partial charge in [0, 0.05) is 5.39 Å². The molecule has 0 aliphatic carbocycles. The maximum Gasteiger partial charge on any atom is 0.130 e. The highest BCUT2D eigenvalue weighted by Gasteiger charge is 2.32. The maximum atomic E-state index is 10.3. The Morgan fingerprint density at radius 2 is 2.06 bits per heavy atom. The topological polar surface area (TPSA) is 29.5 Å². The van der Waals surface area contributed by atoms with Crippen LogP contribution in [0.25, 0.3) is 10.8 Å². The van der Waals surface area contributed by atoms with Gasteiger partial charge < -0.3 is 9.84 Å². The first-order chi connectivity index (χ1) is 7.59. The number of hydrogen-bond donors (Lipinski definition) is 1. The van der Waals surface area contributed by atoms with Crippen LogP contribution < -0.4 is 4.74 Å². The first-order valence-electron chi connectivity index (χ1n) is 5.47. The molecule has 0 spiro atoms. The molecule has 2 heteroatoms. The molecule has 2 aromatic rings. The van der Waals surface area contributed by atoms with E-state index >= 15 is 0 Å². The summed E-state index contributed by atoms with van der Waals surface area (Å²) in [7, 11) is 0. The number of ether oxygens (including phenoxy) is 1. The van der Waals surface area contributed by atoms with Crippen molar-refractivity contribution in [2.24, 2.45) is 0 Å². The molecule has 0 saturated heterocycles. The third-order valence-electron chi connectivity index (χ3n) is 3.27. The molecular formula is C14H14O2. The predicted octanol–water partition coefficient (Wildman–Crippen LogP) is 2.75. The minimum absolute atomic E-state index is 0.323. The Bertz CT molecular complexity index is 570.